The number of carbonyl (C=O) groups excluding carboxylic acids is 1. The van der Waals surface area contributed by atoms with Gasteiger partial charge in [0, 0.05) is 41.9 Å². The van der Waals surface area contributed by atoms with Crippen LogP contribution in [0, 0.1) is 5.92 Å². The van der Waals surface area contributed by atoms with Crippen LogP contribution in [-0.2, 0) is 16.2 Å². The average Bonchev–Trinajstić information content (AvgIpc) is 3.10. The number of hydrogen-bond acceptors (Lipinski definition) is 4. The molecule has 3 rings (SSSR count). The Morgan fingerprint density at radius 2 is 2.19 bits per heavy atom. The van der Waals surface area contributed by atoms with Gasteiger partial charge in [0.15, 0.2) is 6.10 Å². The van der Waals surface area contributed by atoms with Crippen LogP contribution in [0.15, 0.2) is 53.9 Å². The van der Waals surface area contributed by atoms with Crippen LogP contribution in [0.5, 0.6) is 0 Å². The third-order valence-electron chi connectivity index (χ3n) is 4.22. The molecule has 1 aliphatic heterocycles. The summed E-state index contributed by atoms with van der Waals surface area (Å²) in [6, 6.07) is 11.4. The molecular weight excluding hydrogens is 350 g/mol. The summed E-state index contributed by atoms with van der Waals surface area (Å²) < 4.78 is 0. The maximum Gasteiger partial charge on any atom is 0.225 e. The molecule has 0 fully saturated rings. The number of hydrogen-bond donors (Lipinski definition) is 0. The molecule has 1 amide bonds. The zero-order valence-corrected chi connectivity index (χ0v) is 15.7. The second-order valence-corrected chi connectivity index (χ2v) is 7.15. The SMILES string of the molecule is CC(C)C(=O)N(Cc1cccc(Cl)c1)C[C@@H]1CC(c2cccnc2)=NO1. The van der Waals surface area contributed by atoms with E-state index in [4.69, 9.17) is 16.4 Å². The van der Waals surface area contributed by atoms with E-state index in [1.165, 1.54) is 0 Å². The Bertz CT molecular complexity index is 793. The quantitative estimate of drug-likeness (QED) is 0.773. The van der Waals surface area contributed by atoms with Crippen LogP contribution in [0.25, 0.3) is 0 Å². The molecule has 0 N–H and O–H groups in total. The van der Waals surface area contributed by atoms with Crippen molar-refractivity contribution in [3.8, 4) is 0 Å². The maximum atomic E-state index is 12.7. The Kier molecular flexibility index (Phi) is 5.89. The summed E-state index contributed by atoms with van der Waals surface area (Å²) in [5.41, 5.74) is 2.81. The van der Waals surface area contributed by atoms with Gasteiger partial charge in [0.2, 0.25) is 5.91 Å². The summed E-state index contributed by atoms with van der Waals surface area (Å²) in [5, 5.41) is 4.85. The molecule has 0 radical (unpaired) electrons. The number of amides is 1. The first-order chi connectivity index (χ1) is 12.5. The highest BCUT2D eigenvalue weighted by molar-refractivity contribution is 6.30. The third kappa shape index (κ3) is 4.61. The van der Waals surface area contributed by atoms with Crippen molar-refractivity contribution in [2.24, 2.45) is 11.1 Å². The highest BCUT2D eigenvalue weighted by Gasteiger charge is 2.27. The zero-order chi connectivity index (χ0) is 18.5. The van der Waals surface area contributed by atoms with E-state index in [-0.39, 0.29) is 17.9 Å². The molecule has 26 heavy (non-hydrogen) atoms. The summed E-state index contributed by atoms with van der Waals surface area (Å²) in [4.78, 5) is 24.2. The van der Waals surface area contributed by atoms with Crippen molar-refractivity contribution in [2.45, 2.75) is 32.9 Å². The topological polar surface area (TPSA) is 54.8 Å². The number of nitrogens with zero attached hydrogens (tertiary/aromatic N) is 3. The first-order valence-corrected chi connectivity index (χ1v) is 9.07. The van der Waals surface area contributed by atoms with E-state index in [1.807, 2.05) is 55.1 Å². The van der Waals surface area contributed by atoms with Crippen LogP contribution in [0.4, 0.5) is 0 Å². The molecule has 1 aromatic carbocycles. The van der Waals surface area contributed by atoms with Gasteiger partial charge in [-0.2, -0.15) is 0 Å². The van der Waals surface area contributed by atoms with Crippen LogP contribution < -0.4 is 0 Å². The van der Waals surface area contributed by atoms with Crippen molar-refractivity contribution in [1.82, 2.24) is 9.88 Å². The van der Waals surface area contributed by atoms with Crippen LogP contribution >= 0.6 is 11.6 Å². The average molecular weight is 372 g/mol. The molecular formula is C20H22ClN3O2. The van der Waals surface area contributed by atoms with Crippen molar-refractivity contribution in [1.29, 1.82) is 0 Å². The second-order valence-electron chi connectivity index (χ2n) is 6.71. The molecule has 0 spiro atoms. The van der Waals surface area contributed by atoms with E-state index in [0.29, 0.717) is 24.5 Å². The smallest absolute Gasteiger partial charge is 0.225 e. The van der Waals surface area contributed by atoms with Gasteiger partial charge < -0.3 is 9.74 Å². The van der Waals surface area contributed by atoms with Gasteiger partial charge in [0.05, 0.1) is 12.3 Å². The number of oxime groups is 1. The molecule has 6 heteroatoms. The minimum Gasteiger partial charge on any atom is -0.390 e. The third-order valence-corrected chi connectivity index (χ3v) is 4.45. The molecule has 0 bridgehead atoms. The highest BCUT2D eigenvalue weighted by atomic mass is 35.5. The summed E-state index contributed by atoms with van der Waals surface area (Å²) in [5.74, 6) is -0.00213. The van der Waals surface area contributed by atoms with Gasteiger partial charge in [-0.15, -0.1) is 0 Å². The Balaban J connectivity index is 1.68. The van der Waals surface area contributed by atoms with Gasteiger partial charge >= 0.3 is 0 Å². The van der Waals surface area contributed by atoms with E-state index in [2.05, 4.69) is 10.1 Å². The molecule has 1 aliphatic rings. The fourth-order valence-corrected chi connectivity index (χ4v) is 3.14. The lowest BCUT2D eigenvalue weighted by molar-refractivity contribution is -0.136. The van der Waals surface area contributed by atoms with Gasteiger partial charge in [-0.1, -0.05) is 42.7 Å². The lowest BCUT2D eigenvalue weighted by atomic mass is 10.1. The predicted molar refractivity (Wildman–Crippen MR) is 102 cm³/mol. The lowest BCUT2D eigenvalue weighted by Crippen LogP contribution is -2.39. The second kappa shape index (κ2) is 8.32. The molecule has 1 atom stereocenters. The normalized spacial score (nSPS) is 16.3. The van der Waals surface area contributed by atoms with Gasteiger partial charge in [-0.05, 0) is 29.8 Å². The van der Waals surface area contributed by atoms with Crippen molar-refractivity contribution in [3.63, 3.8) is 0 Å². The monoisotopic (exact) mass is 371 g/mol. The number of carbonyl (C=O) groups is 1. The van der Waals surface area contributed by atoms with Crippen LogP contribution in [0.3, 0.4) is 0 Å². The van der Waals surface area contributed by atoms with E-state index in [1.54, 1.807) is 12.4 Å². The van der Waals surface area contributed by atoms with Crippen molar-refractivity contribution >= 4 is 23.2 Å². The first-order valence-electron chi connectivity index (χ1n) is 8.69. The molecule has 136 valence electrons. The fraction of sp³-hybridized carbons (Fsp3) is 0.350. The Labute approximate surface area is 158 Å². The first kappa shape index (κ1) is 18.4. The van der Waals surface area contributed by atoms with Gasteiger partial charge in [0.1, 0.15) is 0 Å². The number of benzene rings is 1. The molecule has 0 saturated heterocycles. The van der Waals surface area contributed by atoms with Crippen molar-refractivity contribution < 1.29 is 9.63 Å². The standard InChI is InChI=1S/C20H22ClN3O2/c1-14(2)20(25)24(12-15-5-3-7-17(21)9-15)13-18-10-19(23-26-18)16-6-4-8-22-11-16/h3-9,11,14,18H,10,12-13H2,1-2H3/t18-/m0/s1. The molecule has 2 aromatic rings. The minimum atomic E-state index is -0.160. The molecule has 5 nitrogen and oxygen atoms in total. The summed E-state index contributed by atoms with van der Waals surface area (Å²) in [6.07, 6.45) is 3.99. The zero-order valence-electron chi connectivity index (χ0n) is 14.9. The number of pyridine rings is 1. The Morgan fingerprint density at radius 1 is 1.35 bits per heavy atom. The lowest BCUT2D eigenvalue weighted by Gasteiger charge is -2.26. The number of aromatic nitrogens is 1. The van der Waals surface area contributed by atoms with Gasteiger partial charge in [-0.3, -0.25) is 9.78 Å². The summed E-state index contributed by atoms with van der Waals surface area (Å²) in [7, 11) is 0. The highest BCUT2D eigenvalue weighted by Crippen LogP contribution is 2.20. The van der Waals surface area contributed by atoms with Crippen LogP contribution in [0.2, 0.25) is 5.02 Å². The van der Waals surface area contributed by atoms with E-state index in [9.17, 15) is 4.79 Å². The summed E-state index contributed by atoms with van der Waals surface area (Å²) in [6.45, 7) is 4.79. The number of halogens is 1. The van der Waals surface area contributed by atoms with Crippen LogP contribution in [0.1, 0.15) is 31.4 Å². The summed E-state index contributed by atoms with van der Waals surface area (Å²) >= 11 is 6.08. The predicted octanol–water partition coefficient (Wildman–Crippen LogP) is 3.91. The van der Waals surface area contributed by atoms with Crippen molar-refractivity contribution in [3.05, 3.63) is 64.9 Å². The van der Waals surface area contributed by atoms with Crippen molar-refractivity contribution in [2.75, 3.05) is 6.54 Å². The Morgan fingerprint density at radius 3 is 2.88 bits per heavy atom. The van der Waals surface area contributed by atoms with E-state index < -0.39 is 0 Å². The molecule has 1 aromatic heterocycles. The van der Waals surface area contributed by atoms with E-state index in [0.717, 1.165) is 16.8 Å². The Hall–Kier alpha value is -2.40. The molecule has 2 heterocycles. The molecule has 0 unspecified atom stereocenters. The maximum absolute atomic E-state index is 12.7. The van der Waals surface area contributed by atoms with E-state index >= 15 is 0 Å². The molecule has 0 saturated carbocycles. The van der Waals surface area contributed by atoms with Gasteiger partial charge in [-0.25, -0.2) is 0 Å². The largest absolute Gasteiger partial charge is 0.390 e. The van der Waals surface area contributed by atoms with Crippen LogP contribution in [-0.4, -0.2) is 34.2 Å². The minimum absolute atomic E-state index is 0.0865. The molecule has 0 aliphatic carbocycles. The fourth-order valence-electron chi connectivity index (χ4n) is 2.93. The van der Waals surface area contributed by atoms with Gasteiger partial charge in [0.25, 0.3) is 0 Å². The number of rotatable bonds is 6.